The minimum Gasteiger partial charge on any atom is -0.497 e. The molecule has 0 atom stereocenters. The third kappa shape index (κ3) is 4.36. The second-order valence-corrected chi connectivity index (χ2v) is 6.27. The van der Waals surface area contributed by atoms with E-state index in [4.69, 9.17) is 4.74 Å². The van der Waals surface area contributed by atoms with Gasteiger partial charge >= 0.3 is 0 Å². The number of ether oxygens (including phenoxy) is 1. The quantitative estimate of drug-likeness (QED) is 0.686. The number of amides is 1. The molecular weight excluding hydrogens is 320 g/mol. The molecule has 2 aromatic carbocycles. The summed E-state index contributed by atoms with van der Waals surface area (Å²) in [6, 6.07) is 19.3. The van der Waals surface area contributed by atoms with Crippen molar-refractivity contribution in [1.29, 1.82) is 0 Å². The number of carbonyl (C=O) groups excluding carboxylic acids is 1. The average molecular weight is 338 g/mol. The van der Waals surface area contributed by atoms with E-state index >= 15 is 0 Å². The molecule has 0 saturated heterocycles. The molecule has 0 aliphatic heterocycles. The molecule has 1 heterocycles. The number of carbonyl (C=O) groups is 1. The molecule has 0 bridgehead atoms. The summed E-state index contributed by atoms with van der Waals surface area (Å²) in [6.45, 7) is 0. The van der Waals surface area contributed by atoms with Crippen molar-refractivity contribution in [3.8, 4) is 5.75 Å². The van der Waals surface area contributed by atoms with E-state index in [0.29, 0.717) is 6.42 Å². The van der Waals surface area contributed by atoms with Gasteiger partial charge in [0, 0.05) is 21.9 Å². The summed E-state index contributed by atoms with van der Waals surface area (Å²) in [5.74, 6) is 0.817. The zero-order valence-electron chi connectivity index (χ0n) is 13.3. The number of hydrogen-bond donors (Lipinski definition) is 2. The van der Waals surface area contributed by atoms with Gasteiger partial charge in [-0.2, -0.15) is 0 Å². The van der Waals surface area contributed by atoms with Gasteiger partial charge in [0.1, 0.15) is 5.75 Å². The van der Waals surface area contributed by atoms with E-state index in [-0.39, 0.29) is 5.91 Å². The molecule has 3 aromatic rings. The van der Waals surface area contributed by atoms with E-state index in [2.05, 4.69) is 10.6 Å². The van der Waals surface area contributed by atoms with Crippen LogP contribution < -0.4 is 15.4 Å². The monoisotopic (exact) mass is 338 g/mol. The first-order valence-electron chi connectivity index (χ1n) is 7.56. The van der Waals surface area contributed by atoms with Crippen molar-refractivity contribution in [2.45, 2.75) is 6.42 Å². The number of benzene rings is 2. The van der Waals surface area contributed by atoms with Gasteiger partial charge < -0.3 is 15.4 Å². The lowest BCUT2D eigenvalue weighted by Gasteiger charge is -2.09. The number of thiophene rings is 1. The van der Waals surface area contributed by atoms with E-state index in [1.54, 1.807) is 18.4 Å². The van der Waals surface area contributed by atoms with Crippen LogP contribution in [0.25, 0.3) is 0 Å². The van der Waals surface area contributed by atoms with Crippen molar-refractivity contribution in [2.24, 2.45) is 0 Å². The molecule has 2 N–H and O–H groups in total. The predicted molar refractivity (Wildman–Crippen MR) is 99.4 cm³/mol. The molecule has 0 saturated carbocycles. The van der Waals surface area contributed by atoms with Crippen molar-refractivity contribution in [3.63, 3.8) is 0 Å². The van der Waals surface area contributed by atoms with Crippen molar-refractivity contribution in [2.75, 3.05) is 17.7 Å². The molecule has 0 aliphatic carbocycles. The lowest BCUT2D eigenvalue weighted by molar-refractivity contribution is -0.115. The molecule has 0 unspecified atom stereocenters. The van der Waals surface area contributed by atoms with Gasteiger partial charge in [0.2, 0.25) is 5.91 Å². The third-order valence-corrected chi connectivity index (χ3v) is 4.34. The molecule has 122 valence electrons. The van der Waals surface area contributed by atoms with Gasteiger partial charge in [-0.15, -0.1) is 11.3 Å². The molecule has 0 radical (unpaired) electrons. The second-order valence-electron chi connectivity index (χ2n) is 5.24. The number of methoxy groups -OCH3 is 1. The minimum atomic E-state index is -0.00619. The Labute approximate surface area is 145 Å². The van der Waals surface area contributed by atoms with Crippen LogP contribution in [-0.4, -0.2) is 13.0 Å². The molecule has 0 spiro atoms. The summed E-state index contributed by atoms with van der Waals surface area (Å²) < 4.78 is 5.14. The molecule has 0 fully saturated rings. The third-order valence-electron chi connectivity index (χ3n) is 3.46. The van der Waals surface area contributed by atoms with Crippen LogP contribution >= 0.6 is 11.3 Å². The van der Waals surface area contributed by atoms with Crippen LogP contribution in [0.2, 0.25) is 0 Å². The highest BCUT2D eigenvalue weighted by atomic mass is 32.1. The van der Waals surface area contributed by atoms with Crippen molar-refractivity contribution in [3.05, 3.63) is 70.9 Å². The fourth-order valence-electron chi connectivity index (χ4n) is 2.25. The van der Waals surface area contributed by atoms with Crippen LogP contribution in [0.5, 0.6) is 5.75 Å². The Morgan fingerprint density at radius 3 is 2.17 bits per heavy atom. The van der Waals surface area contributed by atoms with Gasteiger partial charge in [-0.25, -0.2) is 0 Å². The zero-order chi connectivity index (χ0) is 16.8. The Hall–Kier alpha value is -2.79. The number of rotatable bonds is 6. The first-order chi connectivity index (χ1) is 11.7. The molecule has 4 nitrogen and oxygen atoms in total. The van der Waals surface area contributed by atoms with E-state index < -0.39 is 0 Å². The lowest BCUT2D eigenvalue weighted by atomic mass is 10.2. The molecule has 24 heavy (non-hydrogen) atoms. The van der Waals surface area contributed by atoms with Gasteiger partial charge in [0.15, 0.2) is 0 Å². The van der Waals surface area contributed by atoms with E-state index in [0.717, 1.165) is 27.7 Å². The molecule has 1 aromatic heterocycles. The van der Waals surface area contributed by atoms with E-state index in [1.165, 1.54) is 0 Å². The number of nitrogens with one attached hydrogen (secondary N) is 2. The Balaban J connectivity index is 1.57. The van der Waals surface area contributed by atoms with Crippen molar-refractivity contribution >= 4 is 34.3 Å². The normalized spacial score (nSPS) is 10.2. The highest BCUT2D eigenvalue weighted by Gasteiger charge is 2.05. The summed E-state index contributed by atoms with van der Waals surface area (Å²) in [4.78, 5) is 13.0. The van der Waals surface area contributed by atoms with Gasteiger partial charge in [0.25, 0.3) is 0 Å². The SMILES string of the molecule is COc1ccc(Nc2ccc(NC(=O)Cc3cccs3)cc2)cc1. The van der Waals surface area contributed by atoms with Crippen LogP contribution in [0.4, 0.5) is 17.1 Å². The molecule has 5 heteroatoms. The second kappa shape index (κ2) is 7.66. The smallest absolute Gasteiger partial charge is 0.229 e. The maximum absolute atomic E-state index is 12.0. The van der Waals surface area contributed by atoms with Gasteiger partial charge in [-0.1, -0.05) is 6.07 Å². The highest BCUT2D eigenvalue weighted by Crippen LogP contribution is 2.21. The Morgan fingerprint density at radius 1 is 0.958 bits per heavy atom. The molecule has 1 amide bonds. The number of anilines is 3. The summed E-state index contributed by atoms with van der Waals surface area (Å²) in [5, 5.41) is 8.19. The maximum atomic E-state index is 12.0. The van der Waals surface area contributed by atoms with Crippen molar-refractivity contribution < 1.29 is 9.53 Å². The zero-order valence-corrected chi connectivity index (χ0v) is 14.1. The Bertz CT molecular complexity index is 781. The standard InChI is InChI=1S/C19H18N2O2S/c1-23-17-10-8-15(9-11-17)20-14-4-6-16(7-5-14)21-19(22)13-18-3-2-12-24-18/h2-12,20H,13H2,1H3,(H,21,22). The predicted octanol–water partition coefficient (Wildman–Crippen LogP) is 4.68. The first kappa shape index (κ1) is 16.1. The van der Waals surface area contributed by atoms with E-state index in [1.807, 2.05) is 66.0 Å². The first-order valence-corrected chi connectivity index (χ1v) is 8.44. The fourth-order valence-corrected chi connectivity index (χ4v) is 2.96. The van der Waals surface area contributed by atoms with Crippen LogP contribution in [-0.2, 0) is 11.2 Å². The number of hydrogen-bond acceptors (Lipinski definition) is 4. The summed E-state index contributed by atoms with van der Waals surface area (Å²) >= 11 is 1.59. The molecule has 0 aliphatic rings. The fraction of sp³-hybridized carbons (Fsp3) is 0.105. The molecular formula is C19H18N2O2S. The van der Waals surface area contributed by atoms with Crippen LogP contribution in [0.1, 0.15) is 4.88 Å². The van der Waals surface area contributed by atoms with Gasteiger partial charge in [-0.05, 0) is 60.0 Å². The van der Waals surface area contributed by atoms with Crippen molar-refractivity contribution in [1.82, 2.24) is 0 Å². The van der Waals surface area contributed by atoms with Crippen LogP contribution in [0.15, 0.2) is 66.0 Å². The Kier molecular flexibility index (Phi) is 5.13. The van der Waals surface area contributed by atoms with Crippen LogP contribution in [0.3, 0.4) is 0 Å². The van der Waals surface area contributed by atoms with Crippen LogP contribution in [0, 0.1) is 0 Å². The minimum absolute atomic E-state index is 0.00619. The lowest BCUT2D eigenvalue weighted by Crippen LogP contribution is -2.13. The highest BCUT2D eigenvalue weighted by molar-refractivity contribution is 7.10. The average Bonchev–Trinajstić information content (AvgIpc) is 3.10. The Morgan fingerprint density at radius 2 is 1.58 bits per heavy atom. The van der Waals surface area contributed by atoms with Gasteiger partial charge in [-0.3, -0.25) is 4.79 Å². The van der Waals surface area contributed by atoms with Gasteiger partial charge in [0.05, 0.1) is 13.5 Å². The maximum Gasteiger partial charge on any atom is 0.229 e. The summed E-state index contributed by atoms with van der Waals surface area (Å²) in [7, 11) is 1.65. The largest absolute Gasteiger partial charge is 0.497 e. The summed E-state index contributed by atoms with van der Waals surface area (Å²) in [5.41, 5.74) is 2.72. The molecule has 3 rings (SSSR count). The topological polar surface area (TPSA) is 50.4 Å². The summed E-state index contributed by atoms with van der Waals surface area (Å²) in [6.07, 6.45) is 0.406. The van der Waals surface area contributed by atoms with E-state index in [9.17, 15) is 4.79 Å².